The predicted molar refractivity (Wildman–Crippen MR) is 75.8 cm³/mol. The summed E-state index contributed by atoms with van der Waals surface area (Å²) in [5.74, 6) is 7.83. The van der Waals surface area contributed by atoms with Crippen molar-refractivity contribution >= 4 is 0 Å². The van der Waals surface area contributed by atoms with Gasteiger partial charge in [-0.3, -0.25) is 11.3 Å². The van der Waals surface area contributed by atoms with Gasteiger partial charge in [0, 0.05) is 6.04 Å². The summed E-state index contributed by atoms with van der Waals surface area (Å²) in [6.07, 6.45) is 9.66. The molecule has 0 saturated heterocycles. The van der Waals surface area contributed by atoms with Gasteiger partial charge in [0.1, 0.15) is 0 Å². The van der Waals surface area contributed by atoms with Crippen molar-refractivity contribution in [1.82, 2.24) is 5.43 Å². The first-order valence-electron chi connectivity index (χ1n) is 7.55. The normalized spacial score (nSPS) is 47.3. The second kappa shape index (κ2) is 4.08. The molecule has 4 aliphatic carbocycles. The average molecular weight is 248 g/mol. The van der Waals surface area contributed by atoms with E-state index in [1.54, 1.807) is 0 Å². The van der Waals surface area contributed by atoms with E-state index in [1.165, 1.54) is 44.1 Å². The lowest BCUT2D eigenvalue weighted by atomic mass is 9.43. The van der Waals surface area contributed by atoms with E-state index in [0.717, 1.165) is 18.3 Å². The Bertz CT molecular complexity index is 346. The number of hydrogen-bond acceptors (Lipinski definition) is 2. The van der Waals surface area contributed by atoms with E-state index in [0.29, 0.717) is 16.9 Å². The fourth-order valence-electron chi connectivity index (χ4n) is 6.01. The van der Waals surface area contributed by atoms with E-state index >= 15 is 0 Å². The zero-order valence-electron chi connectivity index (χ0n) is 12.0. The smallest absolute Gasteiger partial charge is 0.0304 e. The molecule has 4 fully saturated rings. The summed E-state index contributed by atoms with van der Waals surface area (Å²) < 4.78 is 0. The first kappa shape index (κ1) is 12.7. The molecule has 0 aromatic heterocycles. The minimum atomic E-state index is 0.445. The van der Waals surface area contributed by atoms with Gasteiger partial charge in [-0.1, -0.05) is 12.5 Å². The van der Waals surface area contributed by atoms with Gasteiger partial charge >= 0.3 is 0 Å². The Morgan fingerprint density at radius 2 is 1.94 bits per heavy atom. The average Bonchev–Trinajstić information content (AvgIpc) is 2.21. The van der Waals surface area contributed by atoms with Crippen molar-refractivity contribution in [3.63, 3.8) is 0 Å². The summed E-state index contributed by atoms with van der Waals surface area (Å²) in [6.45, 7) is 8.75. The van der Waals surface area contributed by atoms with Crippen LogP contribution in [0.2, 0.25) is 0 Å². The number of rotatable bonds is 4. The molecule has 0 amide bonds. The first-order valence-corrected chi connectivity index (χ1v) is 7.55. The summed E-state index contributed by atoms with van der Waals surface area (Å²) in [6, 6.07) is 0.445. The molecular weight excluding hydrogens is 220 g/mol. The van der Waals surface area contributed by atoms with Crippen LogP contribution >= 0.6 is 0 Å². The van der Waals surface area contributed by atoms with E-state index < -0.39 is 0 Å². The van der Waals surface area contributed by atoms with Crippen LogP contribution in [0.5, 0.6) is 0 Å². The molecule has 3 N–H and O–H groups in total. The van der Waals surface area contributed by atoms with Gasteiger partial charge in [-0.15, -0.1) is 6.58 Å². The van der Waals surface area contributed by atoms with Crippen LogP contribution in [-0.2, 0) is 0 Å². The summed E-state index contributed by atoms with van der Waals surface area (Å²) in [5.41, 5.74) is 5.48. The van der Waals surface area contributed by atoms with Gasteiger partial charge in [0.2, 0.25) is 0 Å². The Hall–Kier alpha value is -0.340. The maximum absolute atomic E-state index is 5.89. The highest BCUT2D eigenvalue weighted by molar-refractivity contribution is 5.11. The van der Waals surface area contributed by atoms with Gasteiger partial charge in [-0.05, 0) is 74.5 Å². The van der Waals surface area contributed by atoms with Crippen LogP contribution < -0.4 is 11.3 Å². The third-order valence-corrected chi connectivity index (χ3v) is 5.89. The highest BCUT2D eigenvalue weighted by Gasteiger charge is 2.57. The van der Waals surface area contributed by atoms with Gasteiger partial charge < -0.3 is 0 Å². The topological polar surface area (TPSA) is 38.0 Å². The molecule has 4 rings (SSSR count). The van der Waals surface area contributed by atoms with Crippen molar-refractivity contribution in [2.75, 3.05) is 0 Å². The van der Waals surface area contributed by atoms with E-state index in [1.807, 2.05) is 0 Å². The molecule has 4 saturated carbocycles. The molecule has 18 heavy (non-hydrogen) atoms. The van der Waals surface area contributed by atoms with Gasteiger partial charge in [0.15, 0.2) is 0 Å². The maximum atomic E-state index is 5.89. The van der Waals surface area contributed by atoms with Crippen LogP contribution in [0.15, 0.2) is 12.2 Å². The molecule has 0 heterocycles. The van der Waals surface area contributed by atoms with Crippen molar-refractivity contribution in [3.8, 4) is 0 Å². The van der Waals surface area contributed by atoms with E-state index in [-0.39, 0.29) is 0 Å². The summed E-state index contributed by atoms with van der Waals surface area (Å²) >= 11 is 0. The number of hydrazine groups is 1. The molecule has 0 aromatic rings. The Morgan fingerprint density at radius 3 is 2.39 bits per heavy atom. The van der Waals surface area contributed by atoms with Crippen molar-refractivity contribution in [2.24, 2.45) is 28.5 Å². The van der Waals surface area contributed by atoms with Crippen LogP contribution in [0.4, 0.5) is 0 Å². The largest absolute Gasteiger partial charge is 0.271 e. The standard InChI is InChI=1S/C16H28N2/c1-11(2)4-14(18-17)16-8-12-5-13(9-16)7-15(3,6-12)10-16/h12-14,18H,1,4-10,17H2,2-3H3. The monoisotopic (exact) mass is 248 g/mol. The lowest BCUT2D eigenvalue weighted by Gasteiger charge is -2.63. The van der Waals surface area contributed by atoms with Gasteiger partial charge in [0.25, 0.3) is 0 Å². The molecule has 4 bridgehead atoms. The van der Waals surface area contributed by atoms with E-state index in [9.17, 15) is 0 Å². The highest BCUT2D eigenvalue weighted by atomic mass is 15.2. The zero-order chi connectivity index (χ0) is 13.0. The van der Waals surface area contributed by atoms with Crippen molar-refractivity contribution in [3.05, 3.63) is 12.2 Å². The minimum absolute atomic E-state index is 0.445. The molecule has 2 nitrogen and oxygen atoms in total. The second-order valence-electron chi connectivity index (χ2n) is 8.01. The van der Waals surface area contributed by atoms with Crippen LogP contribution in [0.25, 0.3) is 0 Å². The van der Waals surface area contributed by atoms with E-state index in [2.05, 4.69) is 25.9 Å². The number of nitrogens with two attached hydrogens (primary N) is 1. The number of nitrogens with one attached hydrogen (secondary N) is 1. The SMILES string of the molecule is C=C(C)CC(NN)C12CC3CC(CC(C)(C3)C1)C2. The highest BCUT2D eigenvalue weighted by Crippen LogP contribution is 2.66. The van der Waals surface area contributed by atoms with Crippen molar-refractivity contribution in [2.45, 2.75) is 64.8 Å². The summed E-state index contributed by atoms with van der Waals surface area (Å²) in [4.78, 5) is 0. The molecular formula is C16H28N2. The second-order valence-corrected chi connectivity index (χ2v) is 8.01. The van der Waals surface area contributed by atoms with E-state index in [4.69, 9.17) is 5.84 Å². The Balaban J connectivity index is 1.87. The molecule has 3 atom stereocenters. The number of hydrogen-bond donors (Lipinski definition) is 2. The summed E-state index contributed by atoms with van der Waals surface area (Å²) in [7, 11) is 0. The molecule has 0 spiro atoms. The summed E-state index contributed by atoms with van der Waals surface area (Å²) in [5, 5.41) is 0. The third-order valence-electron chi connectivity index (χ3n) is 5.89. The molecule has 0 radical (unpaired) electrons. The maximum Gasteiger partial charge on any atom is 0.0304 e. The fourth-order valence-corrected chi connectivity index (χ4v) is 6.01. The van der Waals surface area contributed by atoms with Gasteiger partial charge in [0.05, 0.1) is 0 Å². The first-order chi connectivity index (χ1) is 8.45. The van der Waals surface area contributed by atoms with Crippen LogP contribution in [0.3, 0.4) is 0 Å². The molecule has 102 valence electrons. The fraction of sp³-hybridized carbons (Fsp3) is 0.875. The zero-order valence-corrected chi connectivity index (χ0v) is 12.0. The Morgan fingerprint density at radius 1 is 1.33 bits per heavy atom. The molecule has 4 aliphatic rings. The third kappa shape index (κ3) is 1.94. The van der Waals surface area contributed by atoms with Crippen LogP contribution in [0.1, 0.15) is 58.8 Å². The quantitative estimate of drug-likeness (QED) is 0.455. The molecule has 0 aliphatic heterocycles. The molecule has 3 unspecified atom stereocenters. The predicted octanol–water partition coefficient (Wildman–Crippen LogP) is 3.39. The lowest BCUT2D eigenvalue weighted by molar-refractivity contribution is -0.118. The van der Waals surface area contributed by atoms with Crippen LogP contribution in [-0.4, -0.2) is 6.04 Å². The Labute approximate surface area is 111 Å². The van der Waals surface area contributed by atoms with Crippen molar-refractivity contribution in [1.29, 1.82) is 0 Å². The van der Waals surface area contributed by atoms with Crippen molar-refractivity contribution < 1.29 is 0 Å². The van der Waals surface area contributed by atoms with Crippen LogP contribution in [0, 0.1) is 22.7 Å². The van der Waals surface area contributed by atoms with Gasteiger partial charge in [-0.2, -0.15) is 0 Å². The minimum Gasteiger partial charge on any atom is -0.271 e. The molecule has 2 heteroatoms. The molecule has 0 aromatic carbocycles. The Kier molecular flexibility index (Phi) is 2.87. The van der Waals surface area contributed by atoms with Gasteiger partial charge in [-0.25, -0.2) is 0 Å². The lowest BCUT2D eigenvalue weighted by Crippen LogP contribution is -2.59.